The van der Waals surface area contributed by atoms with Crippen molar-refractivity contribution >= 4 is 5.82 Å². The number of aromatic nitrogens is 2. The van der Waals surface area contributed by atoms with Crippen LogP contribution in [0.5, 0.6) is 0 Å². The van der Waals surface area contributed by atoms with E-state index in [0.717, 1.165) is 42.3 Å². The first kappa shape index (κ1) is 17.3. The van der Waals surface area contributed by atoms with Gasteiger partial charge in [-0.15, -0.1) is 5.10 Å². The Bertz CT molecular complexity index is 963. The predicted molar refractivity (Wildman–Crippen MR) is 103 cm³/mol. The van der Waals surface area contributed by atoms with Crippen molar-refractivity contribution in [2.24, 2.45) is 0 Å². The quantitative estimate of drug-likeness (QED) is 0.774. The Balaban J connectivity index is 1.79. The van der Waals surface area contributed by atoms with Gasteiger partial charge in [0.15, 0.2) is 5.82 Å². The van der Waals surface area contributed by atoms with Crippen molar-refractivity contribution in [1.29, 1.82) is 5.26 Å². The number of hydrogen-bond donors (Lipinski definition) is 1. The largest absolute Gasteiger partial charge is 0.354 e. The van der Waals surface area contributed by atoms with Crippen LogP contribution in [0.1, 0.15) is 12.0 Å². The van der Waals surface area contributed by atoms with Gasteiger partial charge in [-0.25, -0.2) is 9.07 Å². The molecule has 3 aromatic rings. The smallest absolute Gasteiger partial charge is 0.151 e. The highest BCUT2D eigenvalue weighted by Crippen LogP contribution is 2.29. The normalized spacial score (nSPS) is 16.3. The fraction of sp³-hybridized carbons (Fsp3) is 0.238. The molecular weight excluding hydrogens is 341 g/mol. The van der Waals surface area contributed by atoms with Gasteiger partial charge in [0.1, 0.15) is 5.82 Å². The Morgan fingerprint density at radius 3 is 2.56 bits per heavy atom. The maximum atomic E-state index is 13.4. The zero-order valence-electron chi connectivity index (χ0n) is 15.1. The third-order valence-corrected chi connectivity index (χ3v) is 5.02. The lowest BCUT2D eigenvalue weighted by atomic mass is 10.1. The van der Waals surface area contributed by atoms with E-state index >= 15 is 0 Å². The molecule has 1 aliphatic rings. The molecule has 0 saturated carbocycles. The molecule has 2 heterocycles. The minimum absolute atomic E-state index is 0.266. The molecule has 1 saturated heterocycles. The molecule has 2 aromatic carbocycles. The molecule has 0 aliphatic carbocycles. The molecule has 1 N–H and O–H groups in total. The first-order valence-corrected chi connectivity index (χ1v) is 8.96. The van der Waals surface area contributed by atoms with Gasteiger partial charge in [0, 0.05) is 31.3 Å². The third-order valence-electron chi connectivity index (χ3n) is 5.02. The summed E-state index contributed by atoms with van der Waals surface area (Å²) >= 11 is 0. The van der Waals surface area contributed by atoms with Crippen LogP contribution in [0, 0.1) is 17.1 Å². The highest BCUT2D eigenvalue weighted by Gasteiger charge is 2.23. The maximum Gasteiger partial charge on any atom is 0.151 e. The number of anilines is 1. The standard InChI is InChI=1S/C21H20FN5/c1-26(19-10-11-24-14-19)21-12-20(16-4-6-17(22)7-5-16)27(25-21)18-8-2-15(13-23)3-9-18/h2-9,12,19,24H,10-11,14H2,1H3/t19-/m0/s1. The summed E-state index contributed by atoms with van der Waals surface area (Å²) in [5.41, 5.74) is 3.23. The molecule has 0 unspecified atom stereocenters. The summed E-state index contributed by atoms with van der Waals surface area (Å²) in [6, 6.07) is 18.3. The van der Waals surface area contributed by atoms with Crippen LogP contribution in [0.3, 0.4) is 0 Å². The minimum Gasteiger partial charge on any atom is -0.354 e. The van der Waals surface area contributed by atoms with Gasteiger partial charge in [-0.3, -0.25) is 0 Å². The average molecular weight is 361 g/mol. The first-order valence-electron chi connectivity index (χ1n) is 8.96. The van der Waals surface area contributed by atoms with Crippen molar-refractivity contribution in [3.05, 3.63) is 66.0 Å². The Morgan fingerprint density at radius 2 is 1.93 bits per heavy atom. The van der Waals surface area contributed by atoms with Gasteiger partial charge in [-0.2, -0.15) is 5.26 Å². The number of likely N-dealkylation sites (N-methyl/N-ethyl adjacent to an activating group) is 1. The fourth-order valence-corrected chi connectivity index (χ4v) is 3.40. The number of benzene rings is 2. The third kappa shape index (κ3) is 3.42. The van der Waals surface area contributed by atoms with Crippen LogP contribution in [0.25, 0.3) is 16.9 Å². The van der Waals surface area contributed by atoms with Gasteiger partial charge in [0.25, 0.3) is 0 Å². The van der Waals surface area contributed by atoms with E-state index < -0.39 is 0 Å². The van der Waals surface area contributed by atoms with Crippen LogP contribution in [0.4, 0.5) is 10.2 Å². The zero-order valence-corrected chi connectivity index (χ0v) is 15.1. The maximum absolute atomic E-state index is 13.4. The van der Waals surface area contributed by atoms with E-state index in [0.29, 0.717) is 11.6 Å². The molecule has 1 aliphatic heterocycles. The second-order valence-electron chi connectivity index (χ2n) is 6.72. The lowest BCUT2D eigenvalue weighted by Gasteiger charge is -2.23. The minimum atomic E-state index is -0.266. The topological polar surface area (TPSA) is 56.9 Å². The van der Waals surface area contributed by atoms with Crippen molar-refractivity contribution in [3.63, 3.8) is 0 Å². The molecule has 0 radical (unpaired) electrons. The van der Waals surface area contributed by atoms with Crippen molar-refractivity contribution in [2.45, 2.75) is 12.5 Å². The molecule has 0 amide bonds. The molecule has 27 heavy (non-hydrogen) atoms. The SMILES string of the molecule is CN(c1cc(-c2ccc(F)cc2)n(-c2ccc(C#N)cc2)n1)[C@H]1CCNC1. The Kier molecular flexibility index (Phi) is 4.61. The van der Waals surface area contributed by atoms with Crippen molar-refractivity contribution in [3.8, 4) is 23.0 Å². The highest BCUT2D eigenvalue weighted by atomic mass is 19.1. The van der Waals surface area contributed by atoms with Gasteiger partial charge < -0.3 is 10.2 Å². The van der Waals surface area contributed by atoms with Gasteiger partial charge in [0.2, 0.25) is 0 Å². The van der Waals surface area contributed by atoms with Gasteiger partial charge in [-0.05, 0) is 61.5 Å². The molecule has 136 valence electrons. The van der Waals surface area contributed by atoms with Crippen LogP contribution in [0.2, 0.25) is 0 Å². The lowest BCUT2D eigenvalue weighted by Crippen LogP contribution is -2.33. The summed E-state index contributed by atoms with van der Waals surface area (Å²) < 4.78 is 15.2. The van der Waals surface area contributed by atoms with Crippen LogP contribution in [-0.4, -0.2) is 36.0 Å². The summed E-state index contributed by atoms with van der Waals surface area (Å²) in [5, 5.41) is 17.2. The van der Waals surface area contributed by atoms with Gasteiger partial charge >= 0.3 is 0 Å². The van der Waals surface area contributed by atoms with E-state index in [1.165, 1.54) is 12.1 Å². The van der Waals surface area contributed by atoms with Gasteiger partial charge in [-0.1, -0.05) is 0 Å². The molecule has 1 fully saturated rings. The summed E-state index contributed by atoms with van der Waals surface area (Å²) in [5.74, 6) is 0.602. The monoisotopic (exact) mass is 361 g/mol. The number of nitrogens with one attached hydrogen (secondary N) is 1. The number of nitrogens with zero attached hydrogens (tertiary/aromatic N) is 4. The summed E-state index contributed by atoms with van der Waals surface area (Å²) in [6.45, 7) is 1.95. The highest BCUT2D eigenvalue weighted by molar-refractivity contribution is 5.66. The second kappa shape index (κ2) is 7.22. The average Bonchev–Trinajstić information content (AvgIpc) is 3.38. The number of hydrogen-bond acceptors (Lipinski definition) is 4. The van der Waals surface area contributed by atoms with E-state index in [4.69, 9.17) is 10.4 Å². The second-order valence-corrected chi connectivity index (χ2v) is 6.72. The van der Waals surface area contributed by atoms with Crippen molar-refractivity contribution < 1.29 is 4.39 Å². The van der Waals surface area contributed by atoms with Crippen LogP contribution in [0.15, 0.2) is 54.6 Å². The zero-order chi connectivity index (χ0) is 18.8. The summed E-state index contributed by atoms with van der Waals surface area (Å²) in [4.78, 5) is 2.19. The van der Waals surface area contributed by atoms with Crippen LogP contribution < -0.4 is 10.2 Å². The number of rotatable bonds is 4. The summed E-state index contributed by atoms with van der Waals surface area (Å²) in [7, 11) is 2.05. The number of nitriles is 1. The number of halogens is 1. The molecule has 5 nitrogen and oxygen atoms in total. The predicted octanol–water partition coefficient (Wildman–Crippen LogP) is 3.35. The molecule has 1 aromatic heterocycles. The Hall–Kier alpha value is -3.17. The van der Waals surface area contributed by atoms with Gasteiger partial charge in [0.05, 0.1) is 23.0 Å². The van der Waals surface area contributed by atoms with Crippen LogP contribution in [-0.2, 0) is 0 Å². The van der Waals surface area contributed by atoms with Crippen LogP contribution >= 0.6 is 0 Å². The Morgan fingerprint density at radius 1 is 1.19 bits per heavy atom. The molecule has 0 bridgehead atoms. The Labute approximate surface area is 157 Å². The fourth-order valence-electron chi connectivity index (χ4n) is 3.40. The van der Waals surface area contributed by atoms with E-state index in [1.807, 2.05) is 22.9 Å². The van der Waals surface area contributed by atoms with E-state index in [9.17, 15) is 4.39 Å². The molecule has 4 rings (SSSR count). The summed E-state index contributed by atoms with van der Waals surface area (Å²) in [6.07, 6.45) is 1.08. The van der Waals surface area contributed by atoms with E-state index in [2.05, 4.69) is 23.3 Å². The lowest BCUT2D eigenvalue weighted by molar-refractivity contribution is 0.628. The molecular formula is C21H20FN5. The van der Waals surface area contributed by atoms with E-state index in [-0.39, 0.29) is 5.82 Å². The molecule has 6 heteroatoms. The molecule has 1 atom stereocenters. The molecule has 0 spiro atoms. The van der Waals surface area contributed by atoms with Crippen molar-refractivity contribution in [2.75, 3.05) is 25.0 Å². The van der Waals surface area contributed by atoms with Crippen molar-refractivity contribution in [1.82, 2.24) is 15.1 Å². The van der Waals surface area contributed by atoms with E-state index in [1.54, 1.807) is 24.3 Å². The first-order chi connectivity index (χ1) is 13.2.